The van der Waals surface area contributed by atoms with Crippen LogP contribution in [0.15, 0.2) is 40.4 Å². The van der Waals surface area contributed by atoms with Gasteiger partial charge in [-0.1, -0.05) is 40.9 Å². The number of allylic oxidation sites excluding steroid dienone is 4. The fourth-order valence-corrected chi connectivity index (χ4v) is 3.18. The van der Waals surface area contributed by atoms with E-state index in [1.165, 1.54) is 0 Å². The van der Waals surface area contributed by atoms with Crippen molar-refractivity contribution in [3.8, 4) is 0 Å². The Bertz CT molecular complexity index is 548. The van der Waals surface area contributed by atoms with Gasteiger partial charge in [0.15, 0.2) is 0 Å². The van der Waals surface area contributed by atoms with Gasteiger partial charge in [0.2, 0.25) is 0 Å². The van der Waals surface area contributed by atoms with Gasteiger partial charge in [0.05, 0.1) is 10.4 Å². The summed E-state index contributed by atoms with van der Waals surface area (Å²) in [4.78, 5) is 1.98. The van der Waals surface area contributed by atoms with Gasteiger partial charge in [-0.25, -0.2) is 0 Å². The summed E-state index contributed by atoms with van der Waals surface area (Å²) in [7, 11) is 3.91. The Balaban J connectivity index is 2.49. The van der Waals surface area contributed by atoms with Gasteiger partial charge < -0.3 is 4.90 Å². The second-order valence-electron chi connectivity index (χ2n) is 4.61. The molecule has 2 unspecified atom stereocenters. The maximum absolute atomic E-state index is 6.34. The third-order valence-electron chi connectivity index (χ3n) is 3.03. The van der Waals surface area contributed by atoms with E-state index >= 15 is 0 Å². The Morgan fingerprint density at radius 1 is 1.05 bits per heavy atom. The first kappa shape index (κ1) is 15.1. The largest absolute Gasteiger partial charge is 0.378 e. The van der Waals surface area contributed by atoms with Crippen molar-refractivity contribution in [2.75, 3.05) is 19.0 Å². The molecule has 1 nitrogen and oxygen atoms in total. The molecule has 0 bridgehead atoms. The molecule has 1 aromatic carbocycles. The van der Waals surface area contributed by atoms with E-state index in [0.717, 1.165) is 11.3 Å². The molecule has 2 rings (SSSR count). The van der Waals surface area contributed by atoms with Crippen LogP contribution >= 0.6 is 46.4 Å². The number of alkyl halides is 1. The van der Waals surface area contributed by atoms with E-state index in [1.54, 1.807) is 6.08 Å². The van der Waals surface area contributed by atoms with E-state index in [-0.39, 0.29) is 11.3 Å². The van der Waals surface area contributed by atoms with E-state index in [2.05, 4.69) is 0 Å². The second-order valence-corrected chi connectivity index (χ2v) is 6.37. The highest BCUT2D eigenvalue weighted by Crippen LogP contribution is 2.42. The Morgan fingerprint density at radius 2 is 1.74 bits per heavy atom. The average Bonchev–Trinajstić information content (AvgIpc) is 2.34. The average molecular weight is 337 g/mol. The minimum absolute atomic E-state index is 0.168. The van der Waals surface area contributed by atoms with Crippen LogP contribution in [-0.2, 0) is 0 Å². The third kappa shape index (κ3) is 3.22. The fourth-order valence-electron chi connectivity index (χ4n) is 2.02. The Morgan fingerprint density at radius 3 is 2.37 bits per heavy atom. The summed E-state index contributed by atoms with van der Waals surface area (Å²) < 4.78 is 0. The lowest BCUT2D eigenvalue weighted by Crippen LogP contribution is -2.16. The zero-order valence-electron chi connectivity index (χ0n) is 10.5. The lowest BCUT2D eigenvalue weighted by molar-refractivity contribution is 0.841. The van der Waals surface area contributed by atoms with E-state index < -0.39 is 0 Å². The van der Waals surface area contributed by atoms with Crippen molar-refractivity contribution in [2.45, 2.75) is 11.3 Å². The van der Waals surface area contributed by atoms with Gasteiger partial charge in [-0.3, -0.25) is 0 Å². The van der Waals surface area contributed by atoms with Crippen molar-refractivity contribution in [1.82, 2.24) is 0 Å². The molecule has 0 fully saturated rings. The molecule has 1 aliphatic carbocycles. The molecule has 2 atom stereocenters. The minimum Gasteiger partial charge on any atom is -0.378 e. The molecule has 5 heteroatoms. The maximum Gasteiger partial charge on any atom is 0.0638 e. The number of anilines is 1. The summed E-state index contributed by atoms with van der Waals surface area (Å²) in [6, 6.07) is 5.80. The first-order valence-electron chi connectivity index (χ1n) is 5.75. The zero-order chi connectivity index (χ0) is 14.2. The molecule has 0 N–H and O–H groups in total. The van der Waals surface area contributed by atoms with Crippen molar-refractivity contribution in [1.29, 1.82) is 0 Å². The summed E-state index contributed by atoms with van der Waals surface area (Å²) >= 11 is 24.9. The number of halogens is 4. The van der Waals surface area contributed by atoms with Crippen molar-refractivity contribution < 1.29 is 0 Å². The van der Waals surface area contributed by atoms with Crippen molar-refractivity contribution in [3.05, 3.63) is 51.0 Å². The van der Waals surface area contributed by atoms with Crippen LogP contribution in [0, 0.1) is 0 Å². The Kier molecular flexibility index (Phi) is 4.73. The molecule has 0 radical (unpaired) electrons. The summed E-state index contributed by atoms with van der Waals surface area (Å²) in [6.45, 7) is 0. The van der Waals surface area contributed by atoms with Gasteiger partial charge in [-0.2, -0.15) is 0 Å². The Hall–Kier alpha value is -0.340. The van der Waals surface area contributed by atoms with E-state index in [4.69, 9.17) is 46.4 Å². The molecule has 19 heavy (non-hydrogen) atoms. The minimum atomic E-state index is -0.233. The summed E-state index contributed by atoms with van der Waals surface area (Å²) in [5.41, 5.74) is 1.96. The highest BCUT2D eigenvalue weighted by Gasteiger charge is 2.28. The molecule has 102 valence electrons. The standard InChI is InChI=1S/C14H13Cl4N/c1-19(2)10-6-8(5-9(15)7-10)13-11(16)3-4-12(17)14(13)18/h3-7,11,13H,1-2H3. The number of nitrogens with zero attached hydrogens (tertiary/aromatic N) is 1. The van der Waals surface area contributed by atoms with Gasteiger partial charge in [-0.05, 0) is 29.8 Å². The van der Waals surface area contributed by atoms with E-state index in [0.29, 0.717) is 15.1 Å². The first-order valence-corrected chi connectivity index (χ1v) is 7.32. The zero-order valence-corrected chi connectivity index (χ0v) is 13.5. The van der Waals surface area contributed by atoms with Crippen molar-refractivity contribution >= 4 is 52.1 Å². The summed E-state index contributed by atoms with van der Waals surface area (Å²) in [6.07, 6.45) is 3.58. The molecule has 0 amide bonds. The normalized spacial score (nSPS) is 22.8. The maximum atomic E-state index is 6.34. The predicted molar refractivity (Wildman–Crippen MR) is 86.0 cm³/mol. The van der Waals surface area contributed by atoms with Gasteiger partial charge in [-0.15, -0.1) is 11.6 Å². The van der Waals surface area contributed by atoms with Crippen LogP contribution in [0.2, 0.25) is 5.02 Å². The van der Waals surface area contributed by atoms with Gasteiger partial charge >= 0.3 is 0 Å². The number of hydrogen-bond acceptors (Lipinski definition) is 1. The van der Waals surface area contributed by atoms with Gasteiger partial charge in [0.1, 0.15) is 0 Å². The third-order valence-corrected chi connectivity index (χ3v) is 4.51. The molecule has 0 aliphatic heterocycles. The SMILES string of the molecule is CN(C)c1cc(Cl)cc(C2C(Cl)=C(Cl)C=CC2Cl)c1. The van der Waals surface area contributed by atoms with Crippen molar-refractivity contribution in [2.24, 2.45) is 0 Å². The predicted octanol–water partition coefficient (Wildman–Crippen LogP) is 5.36. The molecule has 1 aliphatic rings. The Labute approximate surface area is 133 Å². The second kappa shape index (κ2) is 5.97. The molecule has 0 heterocycles. The highest BCUT2D eigenvalue weighted by molar-refractivity contribution is 6.41. The highest BCUT2D eigenvalue weighted by atomic mass is 35.5. The summed E-state index contributed by atoms with van der Waals surface area (Å²) in [5.74, 6) is -0.168. The molecular formula is C14H13Cl4N. The first-order chi connectivity index (χ1) is 8.90. The van der Waals surface area contributed by atoms with Crippen LogP contribution in [0.25, 0.3) is 0 Å². The lowest BCUT2D eigenvalue weighted by atomic mass is 9.91. The molecule has 0 aromatic heterocycles. The number of benzene rings is 1. The molecule has 0 spiro atoms. The van der Waals surface area contributed by atoms with Gasteiger partial charge in [0.25, 0.3) is 0 Å². The number of hydrogen-bond donors (Lipinski definition) is 0. The quantitative estimate of drug-likeness (QED) is 0.657. The molecule has 0 saturated carbocycles. The van der Waals surface area contributed by atoms with Crippen LogP contribution in [0.5, 0.6) is 0 Å². The van der Waals surface area contributed by atoms with E-state index in [1.807, 2.05) is 43.3 Å². The topological polar surface area (TPSA) is 3.24 Å². The monoisotopic (exact) mass is 335 g/mol. The van der Waals surface area contributed by atoms with Crippen molar-refractivity contribution in [3.63, 3.8) is 0 Å². The van der Waals surface area contributed by atoms with E-state index in [9.17, 15) is 0 Å². The van der Waals surface area contributed by atoms with Crippen LogP contribution in [0.1, 0.15) is 11.5 Å². The molecular weight excluding hydrogens is 324 g/mol. The fraction of sp³-hybridized carbons (Fsp3) is 0.286. The lowest BCUT2D eigenvalue weighted by Gasteiger charge is -2.25. The van der Waals surface area contributed by atoms with Crippen LogP contribution in [0.3, 0.4) is 0 Å². The smallest absolute Gasteiger partial charge is 0.0638 e. The van der Waals surface area contributed by atoms with Crippen LogP contribution in [0.4, 0.5) is 5.69 Å². The van der Waals surface area contributed by atoms with Crippen LogP contribution in [-0.4, -0.2) is 19.5 Å². The molecule has 1 aromatic rings. The van der Waals surface area contributed by atoms with Crippen LogP contribution < -0.4 is 4.90 Å². The molecule has 0 saturated heterocycles. The summed E-state index contributed by atoms with van der Waals surface area (Å²) in [5, 5.41) is 1.50. The number of rotatable bonds is 2. The van der Waals surface area contributed by atoms with Gasteiger partial charge in [0, 0.05) is 35.8 Å².